The lowest BCUT2D eigenvalue weighted by Gasteiger charge is -2.10. The first-order chi connectivity index (χ1) is 15.7. The zero-order valence-corrected chi connectivity index (χ0v) is 16.9. The van der Waals surface area contributed by atoms with Gasteiger partial charge in [0.15, 0.2) is 11.5 Å². The van der Waals surface area contributed by atoms with Crippen molar-refractivity contribution in [1.82, 2.24) is 10.4 Å². The number of nitrogens with zero attached hydrogens (tertiary/aromatic N) is 3. The molecule has 0 atom stereocenters. The summed E-state index contributed by atoms with van der Waals surface area (Å²) in [6.07, 6.45) is -2.25. The Hall–Kier alpha value is -4.48. The number of carbonyl (C=O) groups excluding carboxylic acids is 1. The average molecular weight is 460 g/mol. The average Bonchev–Trinajstić information content (AvgIpc) is 2.79. The fourth-order valence-corrected chi connectivity index (χ4v) is 2.57. The van der Waals surface area contributed by atoms with Crippen molar-refractivity contribution in [2.45, 2.75) is 6.18 Å². The summed E-state index contributed by atoms with van der Waals surface area (Å²) in [7, 11) is 1.39. The molecular weight excluding hydrogens is 445 g/mol. The van der Waals surface area contributed by atoms with Gasteiger partial charge in [-0.15, -0.1) is 0 Å². The topological polar surface area (TPSA) is 116 Å². The highest BCUT2D eigenvalue weighted by Crippen LogP contribution is 2.32. The van der Waals surface area contributed by atoms with Crippen LogP contribution in [-0.4, -0.2) is 29.1 Å². The molecule has 1 N–H and O–H groups in total. The Kier molecular flexibility index (Phi) is 6.86. The molecule has 0 aliphatic carbocycles. The van der Waals surface area contributed by atoms with Crippen LogP contribution in [-0.2, 0) is 6.18 Å². The van der Waals surface area contributed by atoms with Gasteiger partial charge in [0.25, 0.3) is 11.6 Å². The molecule has 1 heterocycles. The van der Waals surface area contributed by atoms with Crippen LogP contribution in [0.25, 0.3) is 0 Å². The van der Waals surface area contributed by atoms with Gasteiger partial charge in [-0.1, -0.05) is 6.07 Å². The molecule has 0 aliphatic heterocycles. The molecule has 0 saturated carbocycles. The molecule has 3 rings (SSSR count). The lowest BCUT2D eigenvalue weighted by Crippen LogP contribution is -2.18. The molecule has 0 spiro atoms. The third kappa shape index (κ3) is 6.03. The Labute approximate surface area is 184 Å². The standard InChI is InChI=1S/C21H15F3N4O5/c1-32-18-9-13(5-7-17(18)33-19-8-6-16(12-25-19)28(30)31)11-26-27-20(29)14-3-2-4-15(10-14)21(22,23)24/h2-12H,1H3,(H,27,29)/b26-11-. The van der Waals surface area contributed by atoms with Crippen LogP contribution in [0.1, 0.15) is 21.5 Å². The molecule has 0 unspecified atom stereocenters. The smallest absolute Gasteiger partial charge is 0.416 e. The zero-order chi connectivity index (χ0) is 24.0. The summed E-state index contributed by atoms with van der Waals surface area (Å²) < 4.78 is 49.2. The number of methoxy groups -OCH3 is 1. The van der Waals surface area contributed by atoms with Gasteiger partial charge < -0.3 is 9.47 Å². The number of hydrogen-bond donors (Lipinski definition) is 1. The summed E-state index contributed by atoms with van der Waals surface area (Å²) in [5, 5.41) is 14.4. The highest BCUT2D eigenvalue weighted by molar-refractivity contribution is 5.95. The second kappa shape index (κ2) is 9.77. The van der Waals surface area contributed by atoms with E-state index in [1.54, 1.807) is 6.07 Å². The predicted molar refractivity (Wildman–Crippen MR) is 110 cm³/mol. The zero-order valence-electron chi connectivity index (χ0n) is 16.9. The van der Waals surface area contributed by atoms with Gasteiger partial charge in [-0.2, -0.15) is 18.3 Å². The van der Waals surface area contributed by atoms with Gasteiger partial charge in [-0.25, -0.2) is 10.4 Å². The van der Waals surface area contributed by atoms with Crippen LogP contribution in [0.2, 0.25) is 0 Å². The molecule has 170 valence electrons. The molecule has 0 radical (unpaired) electrons. The van der Waals surface area contributed by atoms with Crippen LogP contribution >= 0.6 is 0 Å². The number of pyridine rings is 1. The summed E-state index contributed by atoms with van der Waals surface area (Å²) in [6, 6.07) is 11.2. The Morgan fingerprint density at radius 1 is 1.15 bits per heavy atom. The molecule has 1 aromatic heterocycles. The van der Waals surface area contributed by atoms with E-state index in [2.05, 4.69) is 15.5 Å². The van der Waals surface area contributed by atoms with E-state index in [0.717, 1.165) is 24.4 Å². The van der Waals surface area contributed by atoms with E-state index in [9.17, 15) is 28.1 Å². The van der Waals surface area contributed by atoms with Gasteiger partial charge >= 0.3 is 6.18 Å². The number of nitrogens with one attached hydrogen (secondary N) is 1. The molecule has 2 aromatic carbocycles. The van der Waals surface area contributed by atoms with Gasteiger partial charge in [-0.3, -0.25) is 14.9 Å². The maximum absolute atomic E-state index is 12.8. The van der Waals surface area contributed by atoms with Gasteiger partial charge in [0.1, 0.15) is 6.20 Å². The van der Waals surface area contributed by atoms with E-state index in [1.807, 2.05) is 0 Å². The van der Waals surface area contributed by atoms with Gasteiger partial charge in [0, 0.05) is 17.7 Å². The molecule has 0 bridgehead atoms. The van der Waals surface area contributed by atoms with Crippen LogP contribution in [0.3, 0.4) is 0 Å². The molecule has 9 nitrogen and oxygen atoms in total. The minimum absolute atomic E-state index is 0.105. The molecule has 1 amide bonds. The maximum atomic E-state index is 12.8. The lowest BCUT2D eigenvalue weighted by molar-refractivity contribution is -0.385. The minimum Gasteiger partial charge on any atom is -0.493 e. The van der Waals surface area contributed by atoms with E-state index in [4.69, 9.17) is 9.47 Å². The molecule has 0 saturated heterocycles. The maximum Gasteiger partial charge on any atom is 0.416 e. The lowest BCUT2D eigenvalue weighted by atomic mass is 10.1. The minimum atomic E-state index is -4.57. The third-order valence-electron chi connectivity index (χ3n) is 4.17. The SMILES string of the molecule is COc1cc(/C=N\NC(=O)c2cccc(C(F)(F)F)c2)ccc1Oc1ccc([N+](=O)[O-])cn1. The first-order valence-corrected chi connectivity index (χ1v) is 9.14. The Balaban J connectivity index is 1.68. The number of aromatic nitrogens is 1. The van der Waals surface area contributed by atoms with Gasteiger partial charge in [0.2, 0.25) is 5.88 Å². The van der Waals surface area contributed by atoms with Crippen molar-refractivity contribution in [2.75, 3.05) is 7.11 Å². The Bertz CT molecular complexity index is 1200. The fraction of sp³-hybridized carbons (Fsp3) is 0.0952. The van der Waals surface area contributed by atoms with E-state index in [0.29, 0.717) is 5.56 Å². The quantitative estimate of drug-likeness (QED) is 0.314. The molecule has 33 heavy (non-hydrogen) atoms. The van der Waals surface area contributed by atoms with Crippen LogP contribution in [0.15, 0.2) is 65.9 Å². The van der Waals surface area contributed by atoms with Gasteiger partial charge in [-0.05, 0) is 42.0 Å². The number of amides is 1. The molecular formula is C21H15F3N4O5. The first kappa shape index (κ1) is 23.2. The first-order valence-electron chi connectivity index (χ1n) is 9.14. The van der Waals surface area contributed by atoms with Gasteiger partial charge in [0.05, 0.1) is 23.8 Å². The number of ether oxygens (including phenoxy) is 2. The number of nitro groups is 1. The summed E-state index contributed by atoms with van der Waals surface area (Å²) in [5.74, 6) is -0.158. The number of halogens is 3. The van der Waals surface area contributed by atoms with Crippen LogP contribution in [0.4, 0.5) is 18.9 Å². The molecule has 0 aliphatic rings. The van der Waals surface area contributed by atoms with Crippen LogP contribution in [0, 0.1) is 10.1 Å². The highest BCUT2D eigenvalue weighted by Gasteiger charge is 2.30. The number of hydrogen-bond acceptors (Lipinski definition) is 7. The Morgan fingerprint density at radius 3 is 2.58 bits per heavy atom. The summed E-state index contributed by atoms with van der Waals surface area (Å²) in [5.41, 5.74) is 1.32. The number of alkyl halides is 3. The fourth-order valence-electron chi connectivity index (χ4n) is 2.57. The monoisotopic (exact) mass is 460 g/mol. The number of hydrazone groups is 1. The molecule has 0 fully saturated rings. The van der Waals surface area contributed by atoms with Crippen molar-refractivity contribution < 1.29 is 32.4 Å². The van der Waals surface area contributed by atoms with E-state index >= 15 is 0 Å². The van der Waals surface area contributed by atoms with E-state index in [-0.39, 0.29) is 28.6 Å². The Morgan fingerprint density at radius 2 is 1.94 bits per heavy atom. The third-order valence-corrected chi connectivity index (χ3v) is 4.17. The summed E-state index contributed by atoms with van der Waals surface area (Å²) >= 11 is 0. The predicted octanol–water partition coefficient (Wildman–Crippen LogP) is 4.57. The second-order valence-corrected chi connectivity index (χ2v) is 6.40. The van der Waals surface area contributed by atoms with Crippen molar-refractivity contribution >= 4 is 17.8 Å². The summed E-state index contributed by atoms with van der Waals surface area (Å²) in [4.78, 5) is 26.0. The number of carbonyl (C=O) groups is 1. The van der Waals surface area contributed by atoms with E-state index in [1.165, 1.54) is 43.7 Å². The highest BCUT2D eigenvalue weighted by atomic mass is 19.4. The van der Waals surface area contributed by atoms with Crippen molar-refractivity contribution in [3.8, 4) is 17.4 Å². The van der Waals surface area contributed by atoms with Crippen LogP contribution < -0.4 is 14.9 Å². The molecule has 3 aromatic rings. The van der Waals surface area contributed by atoms with E-state index < -0.39 is 22.6 Å². The van der Waals surface area contributed by atoms with Crippen molar-refractivity contribution in [3.05, 3.63) is 87.6 Å². The van der Waals surface area contributed by atoms with Crippen LogP contribution in [0.5, 0.6) is 17.4 Å². The second-order valence-electron chi connectivity index (χ2n) is 6.40. The van der Waals surface area contributed by atoms with Crippen molar-refractivity contribution in [2.24, 2.45) is 5.10 Å². The number of benzene rings is 2. The summed E-state index contributed by atoms with van der Waals surface area (Å²) in [6.45, 7) is 0. The number of rotatable bonds is 7. The van der Waals surface area contributed by atoms with Crippen molar-refractivity contribution in [1.29, 1.82) is 0 Å². The van der Waals surface area contributed by atoms with Crippen molar-refractivity contribution in [3.63, 3.8) is 0 Å². The molecule has 12 heteroatoms. The normalized spacial score (nSPS) is 11.3. The largest absolute Gasteiger partial charge is 0.493 e.